The van der Waals surface area contributed by atoms with Gasteiger partial charge in [0.15, 0.2) is 6.61 Å². The summed E-state index contributed by atoms with van der Waals surface area (Å²) in [7, 11) is 1.49. The fourth-order valence-corrected chi connectivity index (χ4v) is 2.67. The van der Waals surface area contributed by atoms with E-state index in [4.69, 9.17) is 44.3 Å². The normalized spacial score (nSPS) is 10.2. The molecule has 0 aliphatic rings. The van der Waals surface area contributed by atoms with Crippen LogP contribution in [-0.4, -0.2) is 25.6 Å². The van der Waals surface area contributed by atoms with E-state index in [2.05, 4.69) is 5.32 Å². The first kappa shape index (κ1) is 19.4. The van der Waals surface area contributed by atoms with Crippen LogP contribution in [0.25, 0.3) is 0 Å². The Morgan fingerprint density at radius 2 is 1.72 bits per heavy atom. The van der Waals surface area contributed by atoms with Crippen LogP contribution in [0, 0.1) is 0 Å². The summed E-state index contributed by atoms with van der Waals surface area (Å²) in [6, 6.07) is 9.55. The van der Waals surface area contributed by atoms with Crippen molar-refractivity contribution in [3.8, 4) is 5.75 Å². The number of methoxy groups -OCH3 is 1. The SMILES string of the molecule is COc1ccc(Cl)cc1CC(=O)OCC(=O)Nc1ccc(Cl)cc1Cl. The summed E-state index contributed by atoms with van der Waals surface area (Å²) in [5, 5.41) is 3.74. The Labute approximate surface area is 159 Å². The minimum Gasteiger partial charge on any atom is -0.496 e. The average Bonchev–Trinajstić information content (AvgIpc) is 2.56. The third-order valence-electron chi connectivity index (χ3n) is 3.15. The van der Waals surface area contributed by atoms with E-state index in [-0.39, 0.29) is 11.4 Å². The monoisotopic (exact) mass is 401 g/mol. The molecule has 25 heavy (non-hydrogen) atoms. The molecule has 5 nitrogen and oxygen atoms in total. The Bertz CT molecular complexity index is 795. The van der Waals surface area contributed by atoms with Gasteiger partial charge in [-0.2, -0.15) is 0 Å². The topological polar surface area (TPSA) is 64.6 Å². The van der Waals surface area contributed by atoms with E-state index < -0.39 is 18.5 Å². The summed E-state index contributed by atoms with van der Waals surface area (Å²) in [5.41, 5.74) is 0.949. The minimum atomic E-state index is -0.585. The second kappa shape index (κ2) is 8.94. The summed E-state index contributed by atoms with van der Waals surface area (Å²) in [5.74, 6) is -0.590. The average molecular weight is 403 g/mol. The van der Waals surface area contributed by atoms with Gasteiger partial charge in [0.2, 0.25) is 0 Å². The standard InChI is InChI=1S/C17H14Cl3NO4/c1-24-15-5-3-11(18)6-10(15)7-17(23)25-9-16(22)21-14-4-2-12(19)8-13(14)20/h2-6,8H,7,9H2,1H3,(H,21,22). The van der Waals surface area contributed by atoms with Gasteiger partial charge in [-0.05, 0) is 36.4 Å². The number of nitrogens with one attached hydrogen (secondary N) is 1. The number of ether oxygens (including phenoxy) is 2. The van der Waals surface area contributed by atoms with Gasteiger partial charge in [-0.3, -0.25) is 9.59 Å². The second-order valence-corrected chi connectivity index (χ2v) is 6.25. The van der Waals surface area contributed by atoms with E-state index in [9.17, 15) is 9.59 Å². The Balaban J connectivity index is 1.89. The number of carbonyl (C=O) groups is 2. The predicted molar refractivity (Wildman–Crippen MR) is 97.8 cm³/mol. The number of carbonyl (C=O) groups excluding carboxylic acids is 2. The van der Waals surface area contributed by atoms with Crippen LogP contribution in [-0.2, 0) is 20.7 Å². The first-order valence-electron chi connectivity index (χ1n) is 7.12. The summed E-state index contributed by atoms with van der Waals surface area (Å²) in [6.45, 7) is -0.444. The maximum Gasteiger partial charge on any atom is 0.310 e. The second-order valence-electron chi connectivity index (χ2n) is 4.97. The van der Waals surface area contributed by atoms with E-state index in [1.807, 2.05) is 0 Å². The molecule has 2 aromatic carbocycles. The van der Waals surface area contributed by atoms with Crippen molar-refractivity contribution < 1.29 is 19.1 Å². The molecule has 0 bridgehead atoms. The summed E-state index contributed by atoms with van der Waals surface area (Å²) in [4.78, 5) is 23.8. The van der Waals surface area contributed by atoms with Gasteiger partial charge >= 0.3 is 5.97 Å². The lowest BCUT2D eigenvalue weighted by molar-refractivity contribution is -0.146. The first-order chi connectivity index (χ1) is 11.9. The van der Waals surface area contributed by atoms with Crippen LogP contribution in [0.4, 0.5) is 5.69 Å². The third kappa shape index (κ3) is 5.81. The molecule has 0 saturated heterocycles. The Hall–Kier alpha value is -1.95. The molecule has 0 aliphatic carbocycles. The van der Waals surface area contributed by atoms with Crippen molar-refractivity contribution in [2.75, 3.05) is 19.0 Å². The fourth-order valence-electron chi connectivity index (χ4n) is 2.02. The van der Waals surface area contributed by atoms with E-state index in [1.165, 1.54) is 13.2 Å². The van der Waals surface area contributed by atoms with Crippen molar-refractivity contribution in [1.29, 1.82) is 0 Å². The Kier molecular flexibility index (Phi) is 6.93. The first-order valence-corrected chi connectivity index (χ1v) is 8.25. The highest BCUT2D eigenvalue weighted by molar-refractivity contribution is 6.36. The number of anilines is 1. The van der Waals surface area contributed by atoms with E-state index in [0.717, 1.165) is 0 Å². The van der Waals surface area contributed by atoms with Crippen molar-refractivity contribution in [3.05, 3.63) is 57.0 Å². The van der Waals surface area contributed by atoms with Crippen molar-refractivity contribution in [2.45, 2.75) is 6.42 Å². The lowest BCUT2D eigenvalue weighted by Crippen LogP contribution is -2.21. The van der Waals surface area contributed by atoms with Gasteiger partial charge in [-0.1, -0.05) is 34.8 Å². The summed E-state index contributed by atoms with van der Waals surface area (Å²) in [6.07, 6.45) is -0.0707. The molecule has 0 unspecified atom stereocenters. The maximum absolute atomic E-state index is 11.9. The van der Waals surface area contributed by atoms with Crippen LogP contribution in [0.3, 0.4) is 0 Å². The molecule has 0 aliphatic heterocycles. The summed E-state index contributed by atoms with van der Waals surface area (Å²) >= 11 is 17.6. The van der Waals surface area contributed by atoms with Gasteiger partial charge in [-0.15, -0.1) is 0 Å². The van der Waals surface area contributed by atoms with Gasteiger partial charge in [0.25, 0.3) is 5.91 Å². The van der Waals surface area contributed by atoms with E-state index >= 15 is 0 Å². The number of hydrogen-bond donors (Lipinski definition) is 1. The largest absolute Gasteiger partial charge is 0.496 e. The molecule has 0 aromatic heterocycles. The Morgan fingerprint density at radius 3 is 2.40 bits per heavy atom. The molecule has 0 fully saturated rings. The number of esters is 1. The molecule has 0 radical (unpaired) electrons. The highest BCUT2D eigenvalue weighted by Gasteiger charge is 2.13. The lowest BCUT2D eigenvalue weighted by Gasteiger charge is -2.10. The highest BCUT2D eigenvalue weighted by atomic mass is 35.5. The van der Waals surface area contributed by atoms with E-state index in [1.54, 1.807) is 30.3 Å². The molecule has 2 aromatic rings. The van der Waals surface area contributed by atoms with Crippen molar-refractivity contribution in [1.82, 2.24) is 0 Å². The zero-order valence-electron chi connectivity index (χ0n) is 13.1. The molecular weight excluding hydrogens is 389 g/mol. The number of rotatable bonds is 6. The van der Waals surface area contributed by atoms with Crippen molar-refractivity contribution in [3.63, 3.8) is 0 Å². The van der Waals surface area contributed by atoms with Crippen LogP contribution < -0.4 is 10.1 Å². The highest BCUT2D eigenvalue weighted by Crippen LogP contribution is 2.25. The van der Waals surface area contributed by atoms with Gasteiger partial charge in [0, 0.05) is 15.6 Å². The van der Waals surface area contributed by atoms with Crippen molar-refractivity contribution >= 4 is 52.4 Å². The molecule has 2 rings (SSSR count). The van der Waals surface area contributed by atoms with Gasteiger partial charge in [0.1, 0.15) is 5.75 Å². The Morgan fingerprint density at radius 1 is 1.04 bits per heavy atom. The quantitative estimate of drug-likeness (QED) is 0.728. The molecule has 1 N–H and O–H groups in total. The molecule has 0 atom stereocenters. The molecule has 0 saturated carbocycles. The van der Waals surface area contributed by atoms with Crippen LogP contribution in [0.5, 0.6) is 5.75 Å². The maximum atomic E-state index is 11.9. The number of benzene rings is 2. The molecule has 1 amide bonds. The van der Waals surface area contributed by atoms with E-state index in [0.29, 0.717) is 27.0 Å². The van der Waals surface area contributed by atoms with Gasteiger partial charge < -0.3 is 14.8 Å². The molecular formula is C17H14Cl3NO4. The zero-order valence-corrected chi connectivity index (χ0v) is 15.4. The zero-order chi connectivity index (χ0) is 18.4. The van der Waals surface area contributed by atoms with Crippen LogP contribution in [0.2, 0.25) is 15.1 Å². The number of halogens is 3. The van der Waals surface area contributed by atoms with Crippen LogP contribution in [0.15, 0.2) is 36.4 Å². The minimum absolute atomic E-state index is 0.0707. The van der Waals surface area contributed by atoms with Gasteiger partial charge in [-0.25, -0.2) is 0 Å². The third-order valence-corrected chi connectivity index (χ3v) is 3.93. The van der Waals surface area contributed by atoms with Crippen LogP contribution >= 0.6 is 34.8 Å². The van der Waals surface area contributed by atoms with Crippen molar-refractivity contribution in [2.24, 2.45) is 0 Å². The molecule has 0 spiro atoms. The van der Waals surface area contributed by atoms with Gasteiger partial charge in [0.05, 0.1) is 24.2 Å². The molecule has 8 heteroatoms. The number of hydrogen-bond acceptors (Lipinski definition) is 4. The fraction of sp³-hybridized carbons (Fsp3) is 0.176. The molecule has 132 valence electrons. The summed E-state index contributed by atoms with van der Waals surface area (Å²) < 4.78 is 10.1. The van der Waals surface area contributed by atoms with Crippen LogP contribution in [0.1, 0.15) is 5.56 Å². The number of amides is 1. The lowest BCUT2D eigenvalue weighted by atomic mass is 10.1. The molecule has 0 heterocycles. The smallest absolute Gasteiger partial charge is 0.310 e. The predicted octanol–water partition coefficient (Wildman–Crippen LogP) is 4.38.